The lowest BCUT2D eigenvalue weighted by Gasteiger charge is -2.27. The zero-order chi connectivity index (χ0) is 21.6. The predicted molar refractivity (Wildman–Crippen MR) is 123 cm³/mol. The Hall–Kier alpha value is -2.16. The Morgan fingerprint density at radius 1 is 1.16 bits per heavy atom. The van der Waals surface area contributed by atoms with Crippen LogP contribution in [0.5, 0.6) is 0 Å². The van der Waals surface area contributed by atoms with Crippen molar-refractivity contribution in [1.29, 1.82) is 0 Å². The van der Waals surface area contributed by atoms with Crippen LogP contribution in [0.4, 0.5) is 5.69 Å². The van der Waals surface area contributed by atoms with Crippen molar-refractivity contribution in [3.8, 4) is 0 Å². The summed E-state index contributed by atoms with van der Waals surface area (Å²) in [5.41, 5.74) is 4.07. The molecule has 0 saturated carbocycles. The molecule has 0 unspecified atom stereocenters. The second-order valence-corrected chi connectivity index (χ2v) is 8.94. The van der Waals surface area contributed by atoms with Gasteiger partial charge in [0.1, 0.15) is 5.03 Å². The fourth-order valence-electron chi connectivity index (χ4n) is 4.16. The normalized spacial score (nSPS) is 16.3. The first-order chi connectivity index (χ1) is 15.1. The molecule has 8 heteroatoms. The number of rotatable bonds is 8. The van der Waals surface area contributed by atoms with Crippen LogP contribution in [0.1, 0.15) is 30.2 Å². The summed E-state index contributed by atoms with van der Waals surface area (Å²) in [6, 6.07) is 7.89. The zero-order valence-electron chi connectivity index (χ0n) is 18.1. The lowest BCUT2D eigenvalue weighted by Crippen LogP contribution is -2.40. The Balaban J connectivity index is 1.39. The highest BCUT2D eigenvalue weighted by Crippen LogP contribution is 2.29. The maximum Gasteiger partial charge on any atom is 0.348 e. The number of nitrogens with zero attached hydrogens (tertiary/aromatic N) is 3. The molecule has 1 amide bonds. The van der Waals surface area contributed by atoms with Crippen molar-refractivity contribution < 1.29 is 9.53 Å². The van der Waals surface area contributed by atoms with Gasteiger partial charge in [0.05, 0.1) is 19.0 Å². The van der Waals surface area contributed by atoms with Crippen LogP contribution in [-0.4, -0.2) is 59.0 Å². The van der Waals surface area contributed by atoms with Gasteiger partial charge < -0.3 is 10.1 Å². The van der Waals surface area contributed by atoms with E-state index in [1.165, 1.54) is 17.3 Å². The van der Waals surface area contributed by atoms with E-state index < -0.39 is 0 Å². The first-order valence-electron chi connectivity index (χ1n) is 11.1. The average Bonchev–Trinajstić information content (AvgIpc) is 3.28. The predicted octanol–water partition coefficient (Wildman–Crippen LogP) is 2.36. The highest BCUT2D eigenvalue weighted by molar-refractivity contribution is 8.00. The summed E-state index contributed by atoms with van der Waals surface area (Å²) in [6.45, 7) is 6.93. The Bertz CT molecular complexity index is 968. The maximum absolute atomic E-state index is 12.8. The van der Waals surface area contributed by atoms with E-state index in [0.717, 1.165) is 80.5 Å². The largest absolute Gasteiger partial charge is 0.379 e. The van der Waals surface area contributed by atoms with Crippen LogP contribution < -0.4 is 11.0 Å². The number of benzene rings is 1. The van der Waals surface area contributed by atoms with Crippen LogP contribution in [0, 0.1) is 0 Å². The molecule has 7 nitrogen and oxygen atoms in total. The summed E-state index contributed by atoms with van der Waals surface area (Å²) in [5.74, 6) is 0.158. The first kappa shape index (κ1) is 22.0. The Morgan fingerprint density at radius 2 is 1.94 bits per heavy atom. The van der Waals surface area contributed by atoms with Gasteiger partial charge >= 0.3 is 5.69 Å². The summed E-state index contributed by atoms with van der Waals surface area (Å²) in [4.78, 5) is 31.9. The summed E-state index contributed by atoms with van der Waals surface area (Å²) in [6.07, 6.45) is 3.82. The van der Waals surface area contributed by atoms with E-state index in [2.05, 4.69) is 22.1 Å². The number of carbonyl (C=O) groups excluding carboxylic acids is 1. The van der Waals surface area contributed by atoms with Crippen LogP contribution in [0.2, 0.25) is 0 Å². The fourth-order valence-corrected chi connectivity index (χ4v) is 5.03. The highest BCUT2D eigenvalue weighted by atomic mass is 32.2. The lowest BCUT2D eigenvalue weighted by molar-refractivity contribution is -0.113. The van der Waals surface area contributed by atoms with Gasteiger partial charge in [-0.15, -0.1) is 0 Å². The molecule has 2 aliphatic rings. The number of fused-ring (bicyclic) bond motifs is 1. The van der Waals surface area contributed by atoms with E-state index in [1.807, 2.05) is 28.8 Å². The highest BCUT2D eigenvalue weighted by Gasteiger charge is 2.23. The molecule has 0 atom stereocenters. The number of anilines is 1. The number of amides is 1. The monoisotopic (exact) mass is 442 g/mol. The van der Waals surface area contributed by atoms with E-state index >= 15 is 0 Å². The van der Waals surface area contributed by atoms with Crippen molar-refractivity contribution in [2.45, 2.75) is 44.2 Å². The minimum atomic E-state index is -0.202. The maximum atomic E-state index is 12.8. The van der Waals surface area contributed by atoms with Crippen molar-refractivity contribution in [1.82, 2.24) is 14.5 Å². The number of nitrogens with one attached hydrogen (secondary N) is 1. The summed E-state index contributed by atoms with van der Waals surface area (Å²) >= 11 is 1.37. The topological polar surface area (TPSA) is 76.5 Å². The average molecular weight is 443 g/mol. The molecular formula is C23H30N4O3S. The molecule has 4 rings (SSSR count). The van der Waals surface area contributed by atoms with Crippen LogP contribution in [0.15, 0.2) is 34.1 Å². The molecule has 1 aliphatic heterocycles. The number of thioether (sulfide) groups is 1. The minimum Gasteiger partial charge on any atom is -0.379 e. The summed E-state index contributed by atoms with van der Waals surface area (Å²) in [5, 5.41) is 3.65. The van der Waals surface area contributed by atoms with E-state index in [0.29, 0.717) is 6.54 Å². The second-order valence-electron chi connectivity index (χ2n) is 7.97. The molecule has 2 heterocycles. The minimum absolute atomic E-state index is 0.0840. The van der Waals surface area contributed by atoms with E-state index in [-0.39, 0.29) is 17.3 Å². The van der Waals surface area contributed by atoms with Gasteiger partial charge in [-0.3, -0.25) is 14.3 Å². The third kappa shape index (κ3) is 5.56. The molecule has 1 fully saturated rings. The molecule has 1 aliphatic carbocycles. The Kier molecular flexibility index (Phi) is 7.42. The van der Waals surface area contributed by atoms with Crippen LogP contribution in [-0.2, 0) is 35.3 Å². The molecule has 0 bridgehead atoms. The molecule has 1 aromatic carbocycles. The Morgan fingerprint density at radius 3 is 2.68 bits per heavy atom. The van der Waals surface area contributed by atoms with E-state index in [9.17, 15) is 9.59 Å². The quantitative estimate of drug-likeness (QED) is 0.500. The van der Waals surface area contributed by atoms with Gasteiger partial charge in [0.15, 0.2) is 0 Å². The number of carbonyl (C=O) groups is 1. The van der Waals surface area contributed by atoms with Crippen molar-refractivity contribution in [2.75, 3.05) is 43.9 Å². The molecule has 1 aromatic heterocycles. The number of aryl methyl sites for hydroxylation is 1. The number of ether oxygens (including phenoxy) is 1. The van der Waals surface area contributed by atoms with Crippen LogP contribution in [0.3, 0.4) is 0 Å². The van der Waals surface area contributed by atoms with Gasteiger partial charge in [0.25, 0.3) is 0 Å². The molecule has 166 valence electrons. The van der Waals surface area contributed by atoms with Gasteiger partial charge in [-0.05, 0) is 43.4 Å². The van der Waals surface area contributed by atoms with Gasteiger partial charge in [0.2, 0.25) is 5.91 Å². The number of aromatic nitrogens is 2. The molecule has 1 N–H and O–H groups in total. The van der Waals surface area contributed by atoms with E-state index in [4.69, 9.17) is 4.74 Å². The van der Waals surface area contributed by atoms with Gasteiger partial charge in [-0.1, -0.05) is 30.8 Å². The standard InChI is InChI=1S/C23H30N4O3S/c1-2-17-6-8-18(9-7-17)24-21(28)16-31-22-19-4-3-5-20(19)27(23(29)25-22)11-10-26-12-14-30-15-13-26/h6-9H,2-5,10-16H2,1H3,(H,24,28). The van der Waals surface area contributed by atoms with E-state index in [1.54, 1.807) is 0 Å². The lowest BCUT2D eigenvalue weighted by atomic mass is 10.1. The smallest absolute Gasteiger partial charge is 0.348 e. The second kappa shape index (κ2) is 10.4. The summed E-state index contributed by atoms with van der Waals surface area (Å²) < 4.78 is 7.25. The number of morpholine rings is 1. The van der Waals surface area contributed by atoms with Gasteiger partial charge in [-0.2, -0.15) is 4.98 Å². The number of hydrogen-bond donors (Lipinski definition) is 1. The van der Waals surface area contributed by atoms with Gasteiger partial charge in [0, 0.05) is 43.1 Å². The van der Waals surface area contributed by atoms with Crippen molar-refractivity contribution >= 4 is 23.4 Å². The Labute approximate surface area is 187 Å². The summed E-state index contributed by atoms with van der Waals surface area (Å²) in [7, 11) is 0. The molecular weight excluding hydrogens is 412 g/mol. The van der Waals surface area contributed by atoms with Gasteiger partial charge in [-0.25, -0.2) is 4.79 Å². The molecule has 0 radical (unpaired) electrons. The third-order valence-corrected chi connectivity index (χ3v) is 6.95. The first-order valence-corrected chi connectivity index (χ1v) is 12.1. The van der Waals surface area contributed by atoms with Crippen LogP contribution in [0.25, 0.3) is 0 Å². The molecule has 31 heavy (non-hydrogen) atoms. The van der Waals surface area contributed by atoms with Crippen molar-refractivity contribution in [3.05, 3.63) is 51.6 Å². The SMILES string of the molecule is CCc1ccc(NC(=O)CSc2nc(=O)n(CCN3CCOCC3)c3c2CCC3)cc1. The molecule has 0 spiro atoms. The third-order valence-electron chi connectivity index (χ3n) is 5.93. The molecule has 2 aromatic rings. The van der Waals surface area contributed by atoms with Crippen molar-refractivity contribution in [2.24, 2.45) is 0 Å². The fraction of sp³-hybridized carbons (Fsp3) is 0.522. The van der Waals surface area contributed by atoms with Crippen molar-refractivity contribution in [3.63, 3.8) is 0 Å². The zero-order valence-corrected chi connectivity index (χ0v) is 18.9. The van der Waals surface area contributed by atoms with Crippen LogP contribution >= 0.6 is 11.8 Å². The molecule has 1 saturated heterocycles. The number of hydrogen-bond acceptors (Lipinski definition) is 6.